The Morgan fingerprint density at radius 1 is 0.902 bits per heavy atom. The quantitative estimate of drug-likeness (QED) is 0.301. The van der Waals surface area contributed by atoms with E-state index < -0.39 is 40.9 Å². The summed E-state index contributed by atoms with van der Waals surface area (Å²) in [5.74, 6) is 1.39. The number of rotatable bonds is 9. The highest BCUT2D eigenvalue weighted by Gasteiger charge is 2.63. The van der Waals surface area contributed by atoms with Crippen molar-refractivity contribution in [2.75, 3.05) is 27.4 Å². The molecule has 0 spiro atoms. The molecule has 3 heterocycles. The van der Waals surface area contributed by atoms with Crippen molar-refractivity contribution in [2.24, 2.45) is 0 Å². The number of aromatic nitrogens is 2. The van der Waals surface area contributed by atoms with Crippen LogP contribution in [0.2, 0.25) is 0 Å². The van der Waals surface area contributed by atoms with Crippen molar-refractivity contribution in [1.82, 2.24) is 9.55 Å². The lowest BCUT2D eigenvalue weighted by Gasteiger charge is -2.39. The smallest absolute Gasteiger partial charge is 0.330 e. The molecule has 2 N–H and O–H groups in total. The Morgan fingerprint density at radius 2 is 1.49 bits per heavy atom. The molecule has 6 rings (SSSR count). The van der Waals surface area contributed by atoms with Crippen LogP contribution in [-0.4, -0.2) is 59.9 Å². The first-order valence-electron chi connectivity index (χ1n) is 13.2. The summed E-state index contributed by atoms with van der Waals surface area (Å²) in [5.41, 5.74) is -1.10. The van der Waals surface area contributed by atoms with Crippen LogP contribution < -0.4 is 20.7 Å². The van der Waals surface area contributed by atoms with Crippen molar-refractivity contribution in [3.63, 3.8) is 0 Å². The van der Waals surface area contributed by atoms with Gasteiger partial charge in [0.05, 0.1) is 27.4 Å². The molecule has 3 aromatic carbocycles. The van der Waals surface area contributed by atoms with Crippen molar-refractivity contribution in [3.05, 3.63) is 129 Å². The first kappa shape index (κ1) is 27.0. The molecule has 4 aromatic rings. The van der Waals surface area contributed by atoms with Gasteiger partial charge in [-0.25, -0.2) is 4.79 Å². The Labute approximate surface area is 235 Å². The summed E-state index contributed by atoms with van der Waals surface area (Å²) in [5, 5.41) is 11.4. The van der Waals surface area contributed by atoms with Gasteiger partial charge in [-0.15, -0.1) is 0 Å². The van der Waals surface area contributed by atoms with Crippen molar-refractivity contribution >= 4 is 0 Å². The second kappa shape index (κ2) is 10.6. The summed E-state index contributed by atoms with van der Waals surface area (Å²) in [6.45, 7) is -0.0181. The normalized spacial score (nSPS) is 23.4. The maximum Gasteiger partial charge on any atom is 0.330 e. The summed E-state index contributed by atoms with van der Waals surface area (Å²) in [4.78, 5) is 26.4. The van der Waals surface area contributed by atoms with Gasteiger partial charge in [0.1, 0.15) is 34.9 Å². The minimum absolute atomic E-state index is 0.0591. The lowest BCUT2D eigenvalue weighted by atomic mass is 9.79. The molecule has 0 saturated carbocycles. The number of nitrogens with zero attached hydrogens (tertiary/aromatic N) is 1. The SMILES string of the molecule is COc1ccc(C(OCC23COC(C(n4ccc(=O)[nH]c4=O)O2)C3O)(c2ccccc2)c2ccc(OC)cc2)cc1. The van der Waals surface area contributed by atoms with Crippen LogP contribution in [0.1, 0.15) is 22.9 Å². The minimum Gasteiger partial charge on any atom is -0.497 e. The van der Waals surface area contributed by atoms with E-state index in [-0.39, 0.29) is 13.2 Å². The molecular weight excluding hydrogens is 528 g/mol. The number of hydrogen-bond acceptors (Lipinski definition) is 8. The number of ether oxygens (including phenoxy) is 5. The van der Waals surface area contributed by atoms with Gasteiger partial charge in [0, 0.05) is 12.3 Å². The van der Waals surface area contributed by atoms with Gasteiger partial charge in [-0.1, -0.05) is 54.6 Å². The third-order valence-corrected chi connectivity index (χ3v) is 7.84. The first-order valence-corrected chi connectivity index (χ1v) is 13.2. The molecule has 2 fully saturated rings. The molecule has 2 saturated heterocycles. The van der Waals surface area contributed by atoms with Gasteiger partial charge in [-0.05, 0) is 41.0 Å². The van der Waals surface area contributed by atoms with Crippen LogP contribution >= 0.6 is 0 Å². The highest BCUT2D eigenvalue weighted by Crippen LogP contribution is 2.48. The maximum atomic E-state index is 12.5. The number of benzene rings is 3. The monoisotopic (exact) mass is 558 g/mol. The largest absolute Gasteiger partial charge is 0.497 e. The van der Waals surface area contributed by atoms with Crippen LogP contribution in [0.15, 0.2) is 101 Å². The van der Waals surface area contributed by atoms with Crippen LogP contribution in [0.5, 0.6) is 11.5 Å². The molecule has 1 aromatic heterocycles. The van der Waals surface area contributed by atoms with E-state index in [1.807, 2.05) is 78.9 Å². The highest BCUT2D eigenvalue weighted by molar-refractivity contribution is 5.49. The van der Waals surface area contributed by atoms with Gasteiger partial charge in [-0.2, -0.15) is 0 Å². The highest BCUT2D eigenvalue weighted by atomic mass is 16.7. The third kappa shape index (κ3) is 4.54. The fourth-order valence-corrected chi connectivity index (χ4v) is 5.67. The molecule has 10 heteroatoms. The molecule has 212 valence electrons. The molecule has 2 aliphatic heterocycles. The van der Waals surface area contributed by atoms with E-state index in [4.69, 9.17) is 23.7 Å². The maximum absolute atomic E-state index is 12.5. The second-order valence-electron chi connectivity index (χ2n) is 10.1. The summed E-state index contributed by atoms with van der Waals surface area (Å²) in [7, 11) is 3.22. The average molecular weight is 559 g/mol. The molecule has 4 atom stereocenters. The molecule has 0 amide bonds. The van der Waals surface area contributed by atoms with E-state index in [9.17, 15) is 14.7 Å². The summed E-state index contributed by atoms with van der Waals surface area (Å²) in [6, 6.07) is 26.2. The van der Waals surface area contributed by atoms with Crippen LogP contribution in [-0.2, 0) is 19.8 Å². The third-order valence-electron chi connectivity index (χ3n) is 7.84. The first-order chi connectivity index (χ1) is 19.9. The van der Waals surface area contributed by atoms with Crippen LogP contribution in [0.4, 0.5) is 0 Å². The molecule has 0 aliphatic carbocycles. The standard InChI is InChI=1S/C31H30N2O8/c1-37-23-12-8-21(9-13-23)31(20-6-4-3-5-7-20,22-10-14-24(38-2)15-11-22)40-19-30-18-39-26(27(30)35)28(41-30)33-17-16-25(34)32-29(33)36/h3-17,26-28,35H,18-19H2,1-2H3,(H,32,34,36). The zero-order valence-electron chi connectivity index (χ0n) is 22.6. The van der Waals surface area contributed by atoms with E-state index in [0.29, 0.717) is 11.5 Å². The number of nitrogens with one attached hydrogen (secondary N) is 1. The van der Waals surface area contributed by atoms with E-state index in [2.05, 4.69) is 4.98 Å². The van der Waals surface area contributed by atoms with Gasteiger partial charge < -0.3 is 28.8 Å². The fourth-order valence-electron chi connectivity index (χ4n) is 5.67. The number of aliphatic hydroxyl groups is 1. The van der Waals surface area contributed by atoms with Crippen molar-refractivity contribution in [3.8, 4) is 11.5 Å². The lowest BCUT2D eigenvalue weighted by molar-refractivity contribution is -0.204. The Balaban J connectivity index is 1.44. The Morgan fingerprint density at radius 3 is 2.05 bits per heavy atom. The van der Waals surface area contributed by atoms with Gasteiger partial charge in [0.25, 0.3) is 5.56 Å². The Kier molecular flexibility index (Phi) is 7.00. The fraction of sp³-hybridized carbons (Fsp3) is 0.290. The predicted octanol–water partition coefficient (Wildman–Crippen LogP) is 2.59. The van der Waals surface area contributed by atoms with Gasteiger partial charge in [-0.3, -0.25) is 14.3 Å². The molecule has 2 aliphatic rings. The lowest BCUT2D eigenvalue weighted by Crippen LogP contribution is -2.48. The summed E-state index contributed by atoms with van der Waals surface area (Å²) >= 11 is 0. The van der Waals surface area contributed by atoms with Crippen molar-refractivity contribution in [2.45, 2.75) is 29.6 Å². The minimum atomic E-state index is -1.27. The van der Waals surface area contributed by atoms with E-state index in [1.165, 1.54) is 16.8 Å². The van der Waals surface area contributed by atoms with Gasteiger partial charge in [0.2, 0.25) is 0 Å². The van der Waals surface area contributed by atoms with E-state index >= 15 is 0 Å². The van der Waals surface area contributed by atoms with Crippen LogP contribution in [0, 0.1) is 0 Å². The van der Waals surface area contributed by atoms with Gasteiger partial charge >= 0.3 is 5.69 Å². The number of H-pyrrole nitrogens is 1. The molecular formula is C31H30N2O8. The zero-order valence-corrected chi connectivity index (χ0v) is 22.6. The molecule has 10 nitrogen and oxygen atoms in total. The number of aliphatic hydroxyl groups excluding tert-OH is 1. The number of aromatic amines is 1. The van der Waals surface area contributed by atoms with Gasteiger partial charge in [0.15, 0.2) is 6.23 Å². The van der Waals surface area contributed by atoms with Crippen LogP contribution in [0.25, 0.3) is 0 Å². The van der Waals surface area contributed by atoms with E-state index in [1.54, 1.807) is 14.2 Å². The van der Waals surface area contributed by atoms with Crippen molar-refractivity contribution in [1.29, 1.82) is 0 Å². The molecule has 2 bridgehead atoms. The molecule has 41 heavy (non-hydrogen) atoms. The van der Waals surface area contributed by atoms with Crippen LogP contribution in [0.3, 0.4) is 0 Å². The van der Waals surface area contributed by atoms with E-state index in [0.717, 1.165) is 16.7 Å². The molecule has 4 unspecified atom stereocenters. The second-order valence-corrected chi connectivity index (χ2v) is 10.1. The Bertz CT molecular complexity index is 1570. The summed E-state index contributed by atoms with van der Waals surface area (Å²) in [6.07, 6.45) is -1.53. The topological polar surface area (TPSA) is 121 Å². The number of fused-ring (bicyclic) bond motifs is 2. The Hall–Kier alpha value is -4.22. The summed E-state index contributed by atoms with van der Waals surface area (Å²) < 4.78 is 31.3. The average Bonchev–Trinajstić information content (AvgIpc) is 3.47. The van der Waals surface area contributed by atoms with Crippen molar-refractivity contribution < 1.29 is 28.8 Å². The molecule has 0 radical (unpaired) electrons. The zero-order chi connectivity index (χ0) is 28.6. The number of methoxy groups -OCH3 is 2. The predicted molar refractivity (Wildman–Crippen MR) is 148 cm³/mol. The number of hydrogen-bond donors (Lipinski definition) is 2.